The summed E-state index contributed by atoms with van der Waals surface area (Å²) in [4.78, 5) is 6.33. The van der Waals surface area contributed by atoms with Crippen LogP contribution < -0.4 is 4.74 Å². The van der Waals surface area contributed by atoms with Gasteiger partial charge in [0.05, 0.1) is 16.6 Å². The molecule has 0 amide bonds. The number of rotatable bonds is 4. The van der Waals surface area contributed by atoms with E-state index in [1.54, 1.807) is 12.4 Å². The van der Waals surface area contributed by atoms with Crippen molar-refractivity contribution in [2.75, 3.05) is 20.1 Å². The lowest BCUT2D eigenvalue weighted by molar-refractivity contribution is 0.187. The average molecular weight is 294 g/mol. The number of nitrogens with zero attached hydrogens (tertiary/aromatic N) is 3. The van der Waals surface area contributed by atoms with Crippen molar-refractivity contribution in [1.82, 2.24) is 20.1 Å². The van der Waals surface area contributed by atoms with Crippen molar-refractivity contribution in [3.8, 4) is 5.75 Å². The summed E-state index contributed by atoms with van der Waals surface area (Å²) in [6, 6.07) is 9.97. The van der Waals surface area contributed by atoms with Crippen LogP contribution in [0.3, 0.4) is 0 Å². The third kappa shape index (κ3) is 2.33. The number of hydrogen-bond donors (Lipinski definition) is 1. The molecule has 1 aliphatic rings. The molecule has 4 rings (SSSR count). The summed E-state index contributed by atoms with van der Waals surface area (Å²) in [6.45, 7) is 2.67. The van der Waals surface area contributed by atoms with Crippen LogP contribution in [0.25, 0.3) is 10.9 Å². The summed E-state index contributed by atoms with van der Waals surface area (Å²) in [5.41, 5.74) is 3.27. The van der Waals surface area contributed by atoms with Gasteiger partial charge in [0, 0.05) is 31.4 Å². The van der Waals surface area contributed by atoms with E-state index in [4.69, 9.17) is 4.74 Å². The molecule has 0 spiro atoms. The molecule has 5 heteroatoms. The Morgan fingerprint density at radius 1 is 1.23 bits per heavy atom. The summed E-state index contributed by atoms with van der Waals surface area (Å²) >= 11 is 0. The van der Waals surface area contributed by atoms with Gasteiger partial charge in [-0.25, -0.2) is 0 Å². The zero-order valence-electron chi connectivity index (χ0n) is 12.5. The number of nitrogens with one attached hydrogen (secondary N) is 1. The van der Waals surface area contributed by atoms with E-state index in [-0.39, 0.29) is 0 Å². The Kier molecular flexibility index (Phi) is 3.27. The molecule has 1 saturated heterocycles. The number of likely N-dealkylation sites (tertiary alicyclic amines) is 1. The summed E-state index contributed by atoms with van der Waals surface area (Å²) in [5.74, 6) is 1.41. The molecule has 0 atom stereocenters. The van der Waals surface area contributed by atoms with E-state index in [1.807, 2.05) is 30.3 Å². The van der Waals surface area contributed by atoms with Crippen molar-refractivity contribution in [3.05, 3.63) is 54.0 Å². The largest absolute Gasteiger partial charge is 0.488 e. The van der Waals surface area contributed by atoms with Gasteiger partial charge in [0.1, 0.15) is 12.4 Å². The minimum Gasteiger partial charge on any atom is -0.488 e. The molecule has 0 saturated carbocycles. The predicted molar refractivity (Wildman–Crippen MR) is 84.9 cm³/mol. The highest BCUT2D eigenvalue weighted by Crippen LogP contribution is 2.35. The van der Waals surface area contributed by atoms with Gasteiger partial charge in [-0.3, -0.25) is 10.1 Å². The molecule has 3 aromatic rings. The Balaban J connectivity index is 1.64. The van der Waals surface area contributed by atoms with Gasteiger partial charge in [-0.05, 0) is 36.9 Å². The number of hydrogen-bond acceptors (Lipinski definition) is 4. The lowest BCUT2D eigenvalue weighted by Crippen LogP contribution is -2.41. The highest BCUT2D eigenvalue weighted by molar-refractivity contribution is 5.88. The van der Waals surface area contributed by atoms with Crippen LogP contribution in [-0.4, -0.2) is 40.2 Å². The quantitative estimate of drug-likeness (QED) is 0.803. The second-order valence-corrected chi connectivity index (χ2v) is 5.85. The van der Waals surface area contributed by atoms with Gasteiger partial charge in [-0.2, -0.15) is 5.10 Å². The monoisotopic (exact) mass is 294 g/mol. The molecule has 3 heterocycles. The number of aromatic nitrogens is 3. The highest BCUT2D eigenvalue weighted by atomic mass is 16.5. The second kappa shape index (κ2) is 5.42. The van der Waals surface area contributed by atoms with E-state index < -0.39 is 0 Å². The fourth-order valence-corrected chi connectivity index (χ4v) is 3.00. The lowest BCUT2D eigenvalue weighted by atomic mass is 9.94. The molecule has 112 valence electrons. The summed E-state index contributed by atoms with van der Waals surface area (Å²) in [5, 5.41) is 8.76. The van der Waals surface area contributed by atoms with E-state index in [1.165, 1.54) is 5.69 Å². The van der Waals surface area contributed by atoms with E-state index in [9.17, 15) is 0 Å². The lowest BCUT2D eigenvalue weighted by Gasteiger charge is -2.35. The first-order chi connectivity index (χ1) is 10.8. The molecule has 0 radical (unpaired) electrons. The Hall–Kier alpha value is -2.40. The minimum absolute atomic E-state index is 0.515. The van der Waals surface area contributed by atoms with Gasteiger partial charge in [0.15, 0.2) is 0 Å². The standard InChI is InChI=1S/C17H18N4O/c1-21-9-13(10-21)17-16-14(19-20-17)3-2-4-15(16)22-11-12-5-7-18-8-6-12/h2-8,13H,9-11H2,1H3,(H,19,20). The smallest absolute Gasteiger partial charge is 0.131 e. The molecule has 0 unspecified atom stereocenters. The normalized spacial score (nSPS) is 15.9. The Labute approximate surface area is 128 Å². The van der Waals surface area contributed by atoms with Crippen LogP contribution in [0.4, 0.5) is 0 Å². The van der Waals surface area contributed by atoms with Crippen molar-refractivity contribution in [2.24, 2.45) is 0 Å². The van der Waals surface area contributed by atoms with Crippen LogP contribution in [0.1, 0.15) is 17.2 Å². The molecule has 1 aliphatic heterocycles. The van der Waals surface area contributed by atoms with Gasteiger partial charge < -0.3 is 9.64 Å². The van der Waals surface area contributed by atoms with Gasteiger partial charge >= 0.3 is 0 Å². The first-order valence-corrected chi connectivity index (χ1v) is 7.48. The first kappa shape index (κ1) is 13.3. The van der Waals surface area contributed by atoms with Crippen molar-refractivity contribution in [1.29, 1.82) is 0 Å². The topological polar surface area (TPSA) is 54.0 Å². The molecule has 1 aromatic carbocycles. The number of aromatic amines is 1. The van der Waals surface area contributed by atoms with Gasteiger partial charge in [0.25, 0.3) is 0 Å². The summed E-state index contributed by atoms with van der Waals surface area (Å²) in [7, 11) is 2.13. The molecule has 1 fully saturated rings. The predicted octanol–water partition coefficient (Wildman–Crippen LogP) is 2.57. The SMILES string of the molecule is CN1CC(c2[nH]nc3cccc(OCc4ccncc4)c23)C1. The molecule has 1 N–H and O–H groups in total. The number of benzene rings is 1. The van der Waals surface area contributed by atoms with Gasteiger partial charge in [-0.15, -0.1) is 0 Å². The molecule has 5 nitrogen and oxygen atoms in total. The number of fused-ring (bicyclic) bond motifs is 1. The van der Waals surface area contributed by atoms with Crippen molar-refractivity contribution < 1.29 is 4.74 Å². The zero-order chi connectivity index (χ0) is 14.9. The molecule has 22 heavy (non-hydrogen) atoms. The number of ether oxygens (including phenoxy) is 1. The Morgan fingerprint density at radius 3 is 2.82 bits per heavy atom. The van der Waals surface area contributed by atoms with E-state index in [0.29, 0.717) is 12.5 Å². The molecular formula is C17H18N4O. The summed E-state index contributed by atoms with van der Waals surface area (Å²) in [6.07, 6.45) is 3.57. The molecule has 0 bridgehead atoms. The minimum atomic E-state index is 0.515. The number of H-pyrrole nitrogens is 1. The Morgan fingerprint density at radius 2 is 2.05 bits per heavy atom. The first-order valence-electron chi connectivity index (χ1n) is 7.48. The fourth-order valence-electron chi connectivity index (χ4n) is 3.00. The third-order valence-electron chi connectivity index (χ3n) is 4.19. The molecule has 2 aromatic heterocycles. The molecular weight excluding hydrogens is 276 g/mol. The van der Waals surface area contributed by atoms with Crippen LogP contribution in [0, 0.1) is 0 Å². The second-order valence-electron chi connectivity index (χ2n) is 5.85. The van der Waals surface area contributed by atoms with Crippen molar-refractivity contribution in [3.63, 3.8) is 0 Å². The number of pyridine rings is 1. The van der Waals surface area contributed by atoms with Crippen LogP contribution in [-0.2, 0) is 6.61 Å². The Bertz CT molecular complexity index is 778. The maximum Gasteiger partial charge on any atom is 0.131 e. The fraction of sp³-hybridized carbons (Fsp3) is 0.294. The third-order valence-corrected chi connectivity index (χ3v) is 4.19. The summed E-state index contributed by atoms with van der Waals surface area (Å²) < 4.78 is 6.05. The number of likely N-dealkylation sites (N-methyl/N-ethyl adjacent to an activating group) is 1. The van der Waals surface area contributed by atoms with Crippen LogP contribution in [0.5, 0.6) is 5.75 Å². The van der Waals surface area contributed by atoms with E-state index in [0.717, 1.165) is 35.3 Å². The highest BCUT2D eigenvalue weighted by Gasteiger charge is 2.29. The zero-order valence-corrected chi connectivity index (χ0v) is 12.5. The van der Waals surface area contributed by atoms with Crippen molar-refractivity contribution >= 4 is 10.9 Å². The van der Waals surface area contributed by atoms with Crippen LogP contribution >= 0.6 is 0 Å². The van der Waals surface area contributed by atoms with Gasteiger partial charge in [0.2, 0.25) is 0 Å². The maximum absolute atomic E-state index is 6.05. The van der Waals surface area contributed by atoms with Crippen molar-refractivity contribution in [2.45, 2.75) is 12.5 Å². The van der Waals surface area contributed by atoms with Crippen LogP contribution in [0.2, 0.25) is 0 Å². The van der Waals surface area contributed by atoms with E-state index in [2.05, 4.69) is 27.1 Å². The van der Waals surface area contributed by atoms with E-state index >= 15 is 0 Å². The average Bonchev–Trinajstić information content (AvgIpc) is 2.95. The molecule has 0 aliphatic carbocycles. The van der Waals surface area contributed by atoms with Crippen LogP contribution in [0.15, 0.2) is 42.7 Å². The maximum atomic E-state index is 6.05. The van der Waals surface area contributed by atoms with Gasteiger partial charge in [-0.1, -0.05) is 6.07 Å².